The van der Waals surface area contributed by atoms with Crippen molar-refractivity contribution < 1.29 is 18.4 Å². The Labute approximate surface area is 243 Å². The summed E-state index contributed by atoms with van der Waals surface area (Å²) in [7, 11) is 0. The lowest BCUT2D eigenvalue weighted by molar-refractivity contribution is -0.137. The molecule has 4 nitrogen and oxygen atoms in total. The van der Waals surface area contributed by atoms with Gasteiger partial charge in [0.15, 0.2) is 0 Å². The van der Waals surface area contributed by atoms with E-state index >= 15 is 0 Å². The Morgan fingerprint density at radius 1 is 0.919 bits per heavy atom. The van der Waals surface area contributed by atoms with Crippen LogP contribution in [0.2, 0.25) is 0 Å². The molecule has 0 unspecified atom stereocenters. The molecule has 3 aromatic rings. The van der Waals surface area contributed by atoms with Crippen LogP contribution in [0, 0.1) is 3.57 Å². The standard InChI is InChI=1S/C29H28F2I2N2O2/c30-29(31,33)24-8-4-5-22(19-24)20-34-27(37)28(23-6-2-1-3-7-23)15-17-35(18-16-28)26(36)14-11-21-9-12-25(32)13-10-21/h1-10,12-13,19H,11,14-18,20H2,(H,34,37). The van der Waals surface area contributed by atoms with Gasteiger partial charge in [0.25, 0.3) is 0 Å². The zero-order valence-corrected chi connectivity index (χ0v) is 24.5. The molecular formula is C29H28F2I2N2O2. The largest absolute Gasteiger partial charge is 0.351 e. The Kier molecular flexibility index (Phi) is 9.20. The number of piperidine rings is 1. The van der Waals surface area contributed by atoms with Gasteiger partial charge in [-0.3, -0.25) is 9.59 Å². The number of nitrogens with zero attached hydrogens (tertiary/aromatic N) is 1. The van der Waals surface area contributed by atoms with Gasteiger partial charge in [0.05, 0.1) is 5.41 Å². The third-order valence-corrected chi connectivity index (χ3v) is 8.32. The predicted molar refractivity (Wildman–Crippen MR) is 158 cm³/mol. The van der Waals surface area contributed by atoms with E-state index in [0.29, 0.717) is 44.3 Å². The van der Waals surface area contributed by atoms with Crippen molar-refractivity contribution in [3.8, 4) is 0 Å². The number of hydrogen-bond donors (Lipinski definition) is 1. The molecular weight excluding hydrogens is 700 g/mol. The molecule has 1 aliphatic rings. The molecule has 0 aliphatic carbocycles. The summed E-state index contributed by atoms with van der Waals surface area (Å²) in [5.74, 6) is -0.0477. The number of alkyl halides is 3. The average molecular weight is 728 g/mol. The molecule has 4 rings (SSSR count). The van der Waals surface area contributed by atoms with Crippen molar-refractivity contribution in [2.45, 2.75) is 41.6 Å². The number of halogens is 4. The third kappa shape index (κ3) is 7.07. The van der Waals surface area contributed by atoms with E-state index in [1.54, 1.807) is 12.1 Å². The van der Waals surface area contributed by atoms with E-state index in [1.165, 1.54) is 12.1 Å². The summed E-state index contributed by atoms with van der Waals surface area (Å²) in [6.45, 7) is 1.14. The van der Waals surface area contributed by atoms with Crippen LogP contribution in [0.15, 0.2) is 78.9 Å². The molecule has 2 amide bonds. The van der Waals surface area contributed by atoms with Gasteiger partial charge in [-0.25, -0.2) is 0 Å². The van der Waals surface area contributed by atoms with Crippen LogP contribution in [0.25, 0.3) is 0 Å². The number of carbonyl (C=O) groups excluding carboxylic acids is 2. The van der Waals surface area contributed by atoms with E-state index in [1.807, 2.05) is 59.5 Å². The van der Waals surface area contributed by atoms with Crippen molar-refractivity contribution in [2.24, 2.45) is 0 Å². The number of aryl methyl sites for hydroxylation is 1. The fourth-order valence-corrected chi connectivity index (χ4v) is 5.51. The van der Waals surface area contributed by atoms with Crippen LogP contribution in [0.1, 0.15) is 41.5 Å². The molecule has 37 heavy (non-hydrogen) atoms. The molecule has 194 valence electrons. The molecule has 0 aromatic heterocycles. The van der Waals surface area contributed by atoms with Crippen LogP contribution in [0.4, 0.5) is 8.78 Å². The molecule has 0 spiro atoms. The SMILES string of the molecule is O=C(CCc1ccc(I)cc1)N1CCC(C(=O)NCc2cccc(C(F)(F)I)c2)(c2ccccc2)CC1. The first-order chi connectivity index (χ1) is 17.7. The van der Waals surface area contributed by atoms with E-state index in [2.05, 4.69) is 27.9 Å². The summed E-state index contributed by atoms with van der Waals surface area (Å²) in [5.41, 5.74) is 1.79. The van der Waals surface area contributed by atoms with Gasteiger partial charge in [-0.15, -0.1) is 0 Å². The number of likely N-dealkylation sites (tertiary alicyclic amines) is 1. The van der Waals surface area contributed by atoms with E-state index in [4.69, 9.17) is 0 Å². The van der Waals surface area contributed by atoms with Gasteiger partial charge in [-0.05, 0) is 76.7 Å². The molecule has 1 aliphatic heterocycles. The minimum atomic E-state index is -2.97. The van der Waals surface area contributed by atoms with Gasteiger partial charge >= 0.3 is 3.93 Å². The quantitative estimate of drug-likeness (QED) is 0.211. The highest BCUT2D eigenvalue weighted by Gasteiger charge is 2.43. The van der Waals surface area contributed by atoms with Crippen molar-refractivity contribution >= 4 is 57.0 Å². The zero-order chi connectivity index (χ0) is 26.5. The molecule has 1 fully saturated rings. The fraction of sp³-hybridized carbons (Fsp3) is 0.310. The Balaban J connectivity index is 1.42. The van der Waals surface area contributed by atoms with Crippen LogP contribution >= 0.6 is 45.2 Å². The van der Waals surface area contributed by atoms with Crippen molar-refractivity contribution in [2.75, 3.05) is 13.1 Å². The van der Waals surface area contributed by atoms with E-state index in [9.17, 15) is 18.4 Å². The molecule has 0 atom stereocenters. The normalized spacial score (nSPS) is 15.3. The van der Waals surface area contributed by atoms with E-state index in [0.717, 1.165) is 37.3 Å². The lowest BCUT2D eigenvalue weighted by Gasteiger charge is -2.41. The van der Waals surface area contributed by atoms with Crippen molar-refractivity contribution in [1.29, 1.82) is 0 Å². The first-order valence-corrected chi connectivity index (χ1v) is 14.4. The second-order valence-electron chi connectivity index (χ2n) is 9.34. The summed E-state index contributed by atoms with van der Waals surface area (Å²) in [6.07, 6.45) is 2.13. The van der Waals surface area contributed by atoms with Crippen LogP contribution in [-0.4, -0.2) is 29.8 Å². The summed E-state index contributed by atoms with van der Waals surface area (Å²) in [6, 6.07) is 23.9. The smallest absolute Gasteiger partial charge is 0.321 e. The fourth-order valence-electron chi connectivity index (χ4n) is 4.81. The van der Waals surface area contributed by atoms with Crippen LogP contribution < -0.4 is 5.32 Å². The number of amides is 2. The van der Waals surface area contributed by atoms with Crippen molar-refractivity contribution in [3.05, 3.63) is 105 Å². The van der Waals surface area contributed by atoms with Gasteiger partial charge in [-0.1, -0.05) is 60.7 Å². The molecule has 0 bridgehead atoms. The minimum absolute atomic E-state index is 0.0883. The summed E-state index contributed by atoms with van der Waals surface area (Å²) in [5, 5.41) is 2.99. The van der Waals surface area contributed by atoms with Gasteiger partial charge in [0.2, 0.25) is 11.8 Å². The monoisotopic (exact) mass is 728 g/mol. The highest BCUT2D eigenvalue weighted by atomic mass is 127. The van der Waals surface area contributed by atoms with Crippen LogP contribution in [0.3, 0.4) is 0 Å². The lowest BCUT2D eigenvalue weighted by Crippen LogP contribution is -2.52. The highest BCUT2D eigenvalue weighted by Crippen LogP contribution is 2.37. The number of nitrogens with one attached hydrogen (secondary N) is 1. The van der Waals surface area contributed by atoms with Crippen molar-refractivity contribution in [3.63, 3.8) is 0 Å². The third-order valence-electron chi connectivity index (χ3n) is 6.98. The predicted octanol–water partition coefficient (Wildman–Crippen LogP) is 6.58. The Hall–Kier alpha value is -2.08. The summed E-state index contributed by atoms with van der Waals surface area (Å²) in [4.78, 5) is 28.4. The van der Waals surface area contributed by atoms with Gasteiger partial charge < -0.3 is 10.2 Å². The second kappa shape index (κ2) is 12.2. The highest BCUT2D eigenvalue weighted by molar-refractivity contribution is 14.1. The number of carbonyl (C=O) groups is 2. The van der Waals surface area contributed by atoms with Gasteiger partial charge in [-0.2, -0.15) is 8.78 Å². The van der Waals surface area contributed by atoms with Crippen LogP contribution in [0.5, 0.6) is 0 Å². The Morgan fingerprint density at radius 2 is 1.59 bits per heavy atom. The number of rotatable bonds is 8. The van der Waals surface area contributed by atoms with Crippen molar-refractivity contribution in [1.82, 2.24) is 10.2 Å². The van der Waals surface area contributed by atoms with Gasteiger partial charge in [0.1, 0.15) is 0 Å². The maximum Gasteiger partial charge on any atom is 0.321 e. The molecule has 3 aromatic carbocycles. The zero-order valence-electron chi connectivity index (χ0n) is 20.2. The summed E-state index contributed by atoms with van der Waals surface area (Å²) >= 11 is 3.37. The van der Waals surface area contributed by atoms with E-state index < -0.39 is 9.34 Å². The van der Waals surface area contributed by atoms with Crippen LogP contribution in [-0.2, 0) is 31.9 Å². The minimum Gasteiger partial charge on any atom is -0.351 e. The topological polar surface area (TPSA) is 49.4 Å². The number of hydrogen-bond acceptors (Lipinski definition) is 2. The molecule has 0 radical (unpaired) electrons. The van der Waals surface area contributed by atoms with Gasteiger partial charge in [0, 0.05) is 57.8 Å². The van der Waals surface area contributed by atoms with E-state index in [-0.39, 0.29) is 23.9 Å². The maximum absolute atomic E-state index is 13.7. The number of benzene rings is 3. The Morgan fingerprint density at radius 3 is 2.24 bits per heavy atom. The molecule has 1 heterocycles. The summed E-state index contributed by atoms with van der Waals surface area (Å²) < 4.78 is 25.7. The first kappa shape index (κ1) is 27.9. The molecule has 1 N–H and O–H groups in total. The lowest BCUT2D eigenvalue weighted by atomic mass is 9.72. The maximum atomic E-state index is 13.7. The first-order valence-electron chi connectivity index (χ1n) is 12.2. The molecule has 8 heteroatoms. The average Bonchev–Trinajstić information content (AvgIpc) is 2.91. The second-order valence-corrected chi connectivity index (χ2v) is 11.9. The molecule has 1 saturated heterocycles. The molecule has 0 saturated carbocycles. The Bertz CT molecular complexity index is 1220.